The molecule has 6 atom stereocenters. The second-order valence-corrected chi connectivity index (χ2v) is 10.1. The van der Waals surface area contributed by atoms with Crippen LogP contribution in [0.2, 0.25) is 0 Å². The number of nitrogens with one attached hydrogen (secondary N) is 1. The molecule has 0 radical (unpaired) electrons. The van der Waals surface area contributed by atoms with Crippen molar-refractivity contribution < 1.29 is 28.8 Å². The molecule has 13 heteroatoms. The number of rotatable bonds is 11. The van der Waals surface area contributed by atoms with Crippen LogP contribution in [0.5, 0.6) is 0 Å². The number of aromatic nitrogens is 2. The van der Waals surface area contributed by atoms with Gasteiger partial charge in [0.25, 0.3) is 0 Å². The number of hydrazine groups is 1. The molecule has 0 amide bonds. The van der Waals surface area contributed by atoms with Crippen LogP contribution in [-0.2, 0) is 4.74 Å². The molecule has 1 heterocycles. The highest BCUT2D eigenvalue weighted by atomic mass is 32.2. The van der Waals surface area contributed by atoms with Crippen LogP contribution in [0.4, 0.5) is 26.1 Å². The molecule has 0 saturated heterocycles. The number of hydrogen-bond acceptors (Lipinski definition) is 11. The average molecular weight is 527 g/mol. The number of ether oxygens (including phenoxy) is 1. The molecular formula is C23H32F2N6O4S. The van der Waals surface area contributed by atoms with Gasteiger partial charge in [-0.05, 0) is 30.5 Å². The first kappa shape index (κ1) is 26.8. The molecule has 0 aliphatic heterocycles. The molecule has 1 aromatic heterocycles. The second kappa shape index (κ2) is 11.4. The molecule has 198 valence electrons. The molecule has 4 rings (SSSR count). The predicted octanol–water partition coefficient (Wildman–Crippen LogP) is 1.36. The number of benzene rings is 1. The van der Waals surface area contributed by atoms with Crippen LogP contribution in [0.3, 0.4) is 0 Å². The lowest BCUT2D eigenvalue weighted by Gasteiger charge is -2.29. The van der Waals surface area contributed by atoms with Gasteiger partial charge in [-0.15, -0.1) is 0 Å². The number of halogens is 2. The van der Waals surface area contributed by atoms with Crippen molar-refractivity contribution >= 4 is 29.1 Å². The Bertz CT molecular complexity index is 1070. The van der Waals surface area contributed by atoms with Crippen molar-refractivity contribution in [2.45, 2.75) is 67.7 Å². The van der Waals surface area contributed by atoms with Gasteiger partial charge in [-0.1, -0.05) is 24.8 Å². The third-order valence-electron chi connectivity index (χ3n) is 6.45. The van der Waals surface area contributed by atoms with Crippen molar-refractivity contribution in [2.24, 2.45) is 5.84 Å². The third-order valence-corrected chi connectivity index (χ3v) is 7.50. The first-order valence-corrected chi connectivity index (χ1v) is 12.9. The van der Waals surface area contributed by atoms with E-state index in [1.165, 1.54) is 22.8 Å². The van der Waals surface area contributed by atoms with E-state index in [-0.39, 0.29) is 43.1 Å². The molecule has 2 aromatic rings. The van der Waals surface area contributed by atoms with Gasteiger partial charge in [-0.25, -0.2) is 24.6 Å². The van der Waals surface area contributed by atoms with Crippen LogP contribution in [0.1, 0.15) is 37.7 Å². The van der Waals surface area contributed by atoms with E-state index in [0.29, 0.717) is 23.0 Å². The maximum atomic E-state index is 13.7. The molecular weight excluding hydrogens is 494 g/mol. The molecule has 0 bridgehead atoms. The van der Waals surface area contributed by atoms with Crippen molar-refractivity contribution in [3.8, 4) is 0 Å². The smallest absolute Gasteiger partial charge is 0.191 e. The monoisotopic (exact) mass is 526 g/mol. The van der Waals surface area contributed by atoms with Gasteiger partial charge in [0.2, 0.25) is 0 Å². The lowest BCUT2D eigenvalue weighted by molar-refractivity contribution is -0.0616. The van der Waals surface area contributed by atoms with E-state index in [0.717, 1.165) is 18.2 Å². The fourth-order valence-electron chi connectivity index (χ4n) is 4.41. The molecule has 2 saturated carbocycles. The molecule has 6 unspecified atom stereocenters. The minimum atomic E-state index is -1.22. The Balaban J connectivity index is 1.55. The van der Waals surface area contributed by atoms with Crippen molar-refractivity contribution in [3.05, 3.63) is 35.4 Å². The van der Waals surface area contributed by atoms with Gasteiger partial charge in [-0.3, -0.25) is 5.01 Å². The fourth-order valence-corrected chi connectivity index (χ4v) is 5.11. The summed E-state index contributed by atoms with van der Waals surface area (Å²) >= 11 is 1.42. The number of nitrogen functional groups attached to an aromatic ring is 1. The SMILES string of the molecule is CCCSc1nc(NC2CC2c2ccc(F)c(F)c2)c(N)c(N(N)C2CC(OCCO)C(O)C2O)n1. The van der Waals surface area contributed by atoms with E-state index in [9.17, 15) is 19.0 Å². The van der Waals surface area contributed by atoms with E-state index >= 15 is 0 Å². The number of aliphatic hydroxyl groups is 3. The molecule has 36 heavy (non-hydrogen) atoms. The zero-order chi connectivity index (χ0) is 26.0. The normalized spacial score (nSPS) is 27.3. The van der Waals surface area contributed by atoms with Gasteiger partial charge >= 0.3 is 0 Å². The molecule has 2 aliphatic rings. The van der Waals surface area contributed by atoms with Gasteiger partial charge in [0, 0.05) is 24.1 Å². The highest BCUT2D eigenvalue weighted by Crippen LogP contribution is 2.44. The van der Waals surface area contributed by atoms with Gasteiger partial charge in [0.15, 0.2) is 28.4 Å². The zero-order valence-electron chi connectivity index (χ0n) is 19.8. The Hall–Kier alpha value is -2.29. The molecule has 2 fully saturated rings. The first-order valence-electron chi connectivity index (χ1n) is 11.9. The van der Waals surface area contributed by atoms with E-state index in [1.54, 1.807) is 6.07 Å². The number of anilines is 3. The summed E-state index contributed by atoms with van der Waals surface area (Å²) in [4.78, 5) is 9.05. The minimum Gasteiger partial charge on any atom is -0.394 e. The Morgan fingerprint density at radius 2 is 1.97 bits per heavy atom. The topological polar surface area (TPSA) is 163 Å². The van der Waals surface area contributed by atoms with Crippen LogP contribution in [0, 0.1) is 11.6 Å². The maximum absolute atomic E-state index is 13.7. The third kappa shape index (κ3) is 5.66. The van der Waals surface area contributed by atoms with Crippen LogP contribution in [0.25, 0.3) is 0 Å². The molecule has 8 N–H and O–H groups in total. The lowest BCUT2D eigenvalue weighted by atomic mass is 10.1. The van der Waals surface area contributed by atoms with Gasteiger partial charge in [-0.2, -0.15) is 0 Å². The van der Waals surface area contributed by atoms with Gasteiger partial charge < -0.3 is 31.1 Å². The average Bonchev–Trinajstić information content (AvgIpc) is 3.57. The summed E-state index contributed by atoms with van der Waals surface area (Å²) in [5, 5.41) is 34.9. The fraction of sp³-hybridized carbons (Fsp3) is 0.565. The molecule has 2 aliphatic carbocycles. The summed E-state index contributed by atoms with van der Waals surface area (Å²) in [6, 6.07) is 3.04. The van der Waals surface area contributed by atoms with Gasteiger partial charge in [0.05, 0.1) is 25.4 Å². The van der Waals surface area contributed by atoms with Crippen molar-refractivity contribution in [1.29, 1.82) is 0 Å². The zero-order valence-corrected chi connectivity index (χ0v) is 20.7. The quantitative estimate of drug-likeness (QED) is 0.108. The highest BCUT2D eigenvalue weighted by molar-refractivity contribution is 7.99. The Morgan fingerprint density at radius 1 is 1.19 bits per heavy atom. The van der Waals surface area contributed by atoms with Crippen molar-refractivity contribution in [2.75, 3.05) is 35.0 Å². The minimum absolute atomic E-state index is 0.0216. The summed E-state index contributed by atoms with van der Waals surface area (Å²) in [6.45, 7) is 1.84. The Morgan fingerprint density at radius 3 is 2.67 bits per heavy atom. The van der Waals surface area contributed by atoms with E-state index in [2.05, 4.69) is 15.3 Å². The Labute approximate surface area is 212 Å². The summed E-state index contributed by atoms with van der Waals surface area (Å²) in [6.07, 6.45) is -1.35. The second-order valence-electron chi connectivity index (χ2n) is 9.03. The van der Waals surface area contributed by atoms with Crippen LogP contribution >= 0.6 is 11.8 Å². The van der Waals surface area contributed by atoms with Crippen LogP contribution in [-0.4, -0.2) is 74.6 Å². The van der Waals surface area contributed by atoms with E-state index < -0.39 is 36.0 Å². The van der Waals surface area contributed by atoms with Crippen molar-refractivity contribution in [1.82, 2.24) is 9.97 Å². The number of nitrogens with two attached hydrogens (primary N) is 2. The molecule has 0 spiro atoms. The first-order chi connectivity index (χ1) is 17.2. The molecule has 1 aromatic carbocycles. The summed E-state index contributed by atoms with van der Waals surface area (Å²) in [7, 11) is 0. The van der Waals surface area contributed by atoms with Crippen molar-refractivity contribution in [3.63, 3.8) is 0 Å². The highest BCUT2D eigenvalue weighted by Gasteiger charge is 2.46. The van der Waals surface area contributed by atoms with E-state index in [4.69, 9.17) is 21.4 Å². The largest absolute Gasteiger partial charge is 0.394 e. The van der Waals surface area contributed by atoms with Gasteiger partial charge in [0.1, 0.15) is 17.9 Å². The Kier molecular flexibility index (Phi) is 8.48. The lowest BCUT2D eigenvalue weighted by Crippen LogP contribution is -2.48. The maximum Gasteiger partial charge on any atom is 0.191 e. The number of hydrogen-bond donors (Lipinski definition) is 6. The van der Waals surface area contributed by atoms with Crippen LogP contribution < -0.4 is 21.9 Å². The van der Waals surface area contributed by atoms with Crippen LogP contribution in [0.15, 0.2) is 23.4 Å². The number of nitrogens with zero attached hydrogens (tertiary/aromatic N) is 3. The standard InChI is InChI=1S/C23H32F2N6O4S/c1-2-7-36-23-29-21(28-15-9-12(15)11-3-4-13(24)14(25)8-11)18(26)22(30-23)31(27)16-10-17(35-6-5-32)20(34)19(16)33/h3-4,8,12,15-17,19-20,32-34H,2,5-7,9-10,26-27H2,1H3,(H,28,29,30). The number of thioether (sulfide) groups is 1. The summed E-state index contributed by atoms with van der Waals surface area (Å²) < 4.78 is 32.4. The summed E-state index contributed by atoms with van der Waals surface area (Å²) in [5.41, 5.74) is 7.25. The summed E-state index contributed by atoms with van der Waals surface area (Å²) in [5.74, 6) is 5.87. The molecule has 10 nitrogen and oxygen atoms in total. The predicted molar refractivity (Wildman–Crippen MR) is 132 cm³/mol. The van der Waals surface area contributed by atoms with E-state index in [1.807, 2.05) is 6.92 Å². The number of aliphatic hydroxyl groups excluding tert-OH is 3.